The number of rotatable bonds is 3. The second kappa shape index (κ2) is 3.88. The third kappa shape index (κ3) is 3.03. The summed E-state index contributed by atoms with van der Waals surface area (Å²) < 4.78 is 0. The van der Waals surface area contributed by atoms with Crippen molar-refractivity contribution in [2.45, 2.75) is 25.8 Å². The molecule has 0 saturated heterocycles. The molecule has 0 spiro atoms. The zero-order chi connectivity index (χ0) is 8.27. The molecule has 1 aliphatic rings. The molecule has 0 bridgehead atoms. The van der Waals surface area contributed by atoms with E-state index < -0.39 is 0 Å². The van der Waals surface area contributed by atoms with Crippen LogP contribution in [0.3, 0.4) is 0 Å². The molecule has 0 aromatic carbocycles. The summed E-state index contributed by atoms with van der Waals surface area (Å²) >= 11 is 4.93. The van der Waals surface area contributed by atoms with Crippen molar-refractivity contribution < 1.29 is 4.84 Å². The Morgan fingerprint density at radius 2 is 2.27 bits per heavy atom. The average Bonchev–Trinajstić information content (AvgIpc) is 2.67. The van der Waals surface area contributed by atoms with E-state index in [4.69, 9.17) is 12.2 Å². The first-order chi connectivity index (χ1) is 5.24. The minimum Gasteiger partial charge on any atom is -0.358 e. The summed E-state index contributed by atoms with van der Waals surface area (Å²) in [5.74, 6) is 0.812. The summed E-state index contributed by atoms with van der Waals surface area (Å²) in [7, 11) is 1.55. The molecule has 1 aliphatic carbocycles. The van der Waals surface area contributed by atoms with Gasteiger partial charge in [-0.25, -0.2) is 5.48 Å². The highest BCUT2D eigenvalue weighted by molar-refractivity contribution is 7.80. The van der Waals surface area contributed by atoms with E-state index in [1.165, 1.54) is 12.8 Å². The first-order valence-electron chi connectivity index (χ1n) is 3.83. The van der Waals surface area contributed by atoms with E-state index in [0.29, 0.717) is 11.2 Å². The zero-order valence-electron chi connectivity index (χ0n) is 6.89. The van der Waals surface area contributed by atoms with E-state index in [0.717, 1.165) is 5.92 Å². The van der Waals surface area contributed by atoms with Crippen molar-refractivity contribution in [3.63, 3.8) is 0 Å². The van der Waals surface area contributed by atoms with Crippen LogP contribution in [0.4, 0.5) is 0 Å². The van der Waals surface area contributed by atoms with Gasteiger partial charge >= 0.3 is 0 Å². The molecular formula is C7H14N2OS. The first kappa shape index (κ1) is 8.74. The Morgan fingerprint density at radius 3 is 2.73 bits per heavy atom. The molecule has 1 unspecified atom stereocenters. The predicted octanol–water partition coefficient (Wildman–Crippen LogP) is 0.810. The number of hydrogen-bond acceptors (Lipinski definition) is 2. The van der Waals surface area contributed by atoms with Crippen LogP contribution in [0.2, 0.25) is 0 Å². The van der Waals surface area contributed by atoms with Crippen LogP contribution in [-0.2, 0) is 4.84 Å². The molecule has 64 valence electrons. The Kier molecular flexibility index (Phi) is 3.08. The van der Waals surface area contributed by atoms with Crippen LogP contribution in [-0.4, -0.2) is 18.3 Å². The maximum Gasteiger partial charge on any atom is 0.190 e. The highest BCUT2D eigenvalue weighted by atomic mass is 32.1. The Bertz CT molecular complexity index is 147. The topological polar surface area (TPSA) is 33.3 Å². The molecule has 0 heterocycles. The molecular weight excluding hydrogens is 160 g/mol. The van der Waals surface area contributed by atoms with Crippen LogP contribution in [0, 0.1) is 5.92 Å². The molecule has 0 aliphatic heterocycles. The van der Waals surface area contributed by atoms with E-state index in [2.05, 4.69) is 22.6 Å². The van der Waals surface area contributed by atoms with Gasteiger partial charge in [0.1, 0.15) is 0 Å². The quantitative estimate of drug-likeness (QED) is 0.490. The number of thiocarbonyl (C=S) groups is 1. The number of nitrogens with one attached hydrogen (secondary N) is 2. The van der Waals surface area contributed by atoms with Crippen LogP contribution in [0.1, 0.15) is 19.8 Å². The SMILES string of the molecule is CONC(=S)NC(C)C1CC1. The lowest BCUT2D eigenvalue weighted by Crippen LogP contribution is -2.40. The van der Waals surface area contributed by atoms with Crippen molar-refractivity contribution in [1.29, 1.82) is 0 Å². The lowest BCUT2D eigenvalue weighted by atomic mass is 10.2. The van der Waals surface area contributed by atoms with Gasteiger partial charge < -0.3 is 5.32 Å². The van der Waals surface area contributed by atoms with Gasteiger partial charge in [-0.15, -0.1) is 0 Å². The van der Waals surface area contributed by atoms with Gasteiger partial charge in [-0.2, -0.15) is 0 Å². The van der Waals surface area contributed by atoms with Crippen LogP contribution in [0.15, 0.2) is 0 Å². The van der Waals surface area contributed by atoms with Crippen molar-refractivity contribution in [2.24, 2.45) is 5.92 Å². The second-order valence-electron chi connectivity index (χ2n) is 2.91. The van der Waals surface area contributed by atoms with Gasteiger partial charge in [0.15, 0.2) is 5.11 Å². The number of hydroxylamine groups is 1. The van der Waals surface area contributed by atoms with Crippen molar-refractivity contribution in [3.05, 3.63) is 0 Å². The maximum absolute atomic E-state index is 4.93. The van der Waals surface area contributed by atoms with Crippen molar-refractivity contribution >= 4 is 17.3 Å². The molecule has 4 heteroatoms. The molecule has 3 nitrogen and oxygen atoms in total. The molecule has 0 radical (unpaired) electrons. The van der Waals surface area contributed by atoms with E-state index in [-0.39, 0.29) is 0 Å². The highest BCUT2D eigenvalue weighted by Gasteiger charge is 2.28. The molecule has 1 saturated carbocycles. The van der Waals surface area contributed by atoms with E-state index in [9.17, 15) is 0 Å². The molecule has 0 aromatic rings. The van der Waals surface area contributed by atoms with Gasteiger partial charge in [-0.3, -0.25) is 4.84 Å². The first-order valence-corrected chi connectivity index (χ1v) is 4.24. The van der Waals surface area contributed by atoms with Gasteiger partial charge in [0.25, 0.3) is 0 Å². The molecule has 1 fully saturated rings. The second-order valence-corrected chi connectivity index (χ2v) is 3.31. The highest BCUT2D eigenvalue weighted by Crippen LogP contribution is 2.32. The van der Waals surface area contributed by atoms with Crippen LogP contribution in [0.5, 0.6) is 0 Å². The average molecular weight is 174 g/mol. The van der Waals surface area contributed by atoms with Gasteiger partial charge in [0.2, 0.25) is 0 Å². The maximum atomic E-state index is 4.93. The minimum atomic E-state index is 0.477. The lowest BCUT2D eigenvalue weighted by Gasteiger charge is -2.14. The standard InChI is InChI=1S/C7H14N2OS/c1-5(6-3-4-6)8-7(11)9-10-2/h5-6H,3-4H2,1-2H3,(H2,8,9,11). The van der Waals surface area contributed by atoms with Gasteiger partial charge in [-0.05, 0) is 37.9 Å². The normalized spacial score (nSPS) is 19.1. The van der Waals surface area contributed by atoms with Crippen LogP contribution in [0.25, 0.3) is 0 Å². The van der Waals surface area contributed by atoms with Gasteiger partial charge in [0.05, 0.1) is 7.11 Å². The van der Waals surface area contributed by atoms with E-state index in [1.807, 2.05) is 0 Å². The summed E-state index contributed by atoms with van der Waals surface area (Å²) in [5.41, 5.74) is 2.58. The monoisotopic (exact) mass is 174 g/mol. The Balaban J connectivity index is 2.12. The smallest absolute Gasteiger partial charge is 0.190 e. The zero-order valence-corrected chi connectivity index (χ0v) is 7.70. The minimum absolute atomic E-state index is 0.477. The third-order valence-electron chi connectivity index (χ3n) is 1.88. The number of hydrogen-bond donors (Lipinski definition) is 2. The van der Waals surface area contributed by atoms with E-state index >= 15 is 0 Å². The molecule has 2 N–H and O–H groups in total. The Morgan fingerprint density at radius 1 is 1.64 bits per heavy atom. The largest absolute Gasteiger partial charge is 0.358 e. The Hall–Kier alpha value is -0.350. The fourth-order valence-corrected chi connectivity index (χ4v) is 1.31. The molecule has 11 heavy (non-hydrogen) atoms. The summed E-state index contributed by atoms with van der Waals surface area (Å²) in [6, 6.07) is 0.477. The van der Waals surface area contributed by atoms with Crippen molar-refractivity contribution in [1.82, 2.24) is 10.8 Å². The van der Waals surface area contributed by atoms with Gasteiger partial charge in [0, 0.05) is 6.04 Å². The van der Waals surface area contributed by atoms with Crippen molar-refractivity contribution in [2.75, 3.05) is 7.11 Å². The third-order valence-corrected chi connectivity index (χ3v) is 2.08. The fourth-order valence-electron chi connectivity index (χ4n) is 1.04. The Labute approximate surface area is 72.4 Å². The van der Waals surface area contributed by atoms with Crippen molar-refractivity contribution in [3.8, 4) is 0 Å². The van der Waals surface area contributed by atoms with Crippen LogP contribution < -0.4 is 10.8 Å². The molecule has 0 aromatic heterocycles. The van der Waals surface area contributed by atoms with Crippen LogP contribution >= 0.6 is 12.2 Å². The summed E-state index contributed by atoms with van der Waals surface area (Å²) in [5, 5.41) is 3.71. The molecule has 0 amide bonds. The summed E-state index contributed by atoms with van der Waals surface area (Å²) in [6.45, 7) is 2.14. The van der Waals surface area contributed by atoms with Gasteiger partial charge in [-0.1, -0.05) is 0 Å². The molecule has 1 rings (SSSR count). The molecule has 1 atom stereocenters. The fraction of sp³-hybridized carbons (Fsp3) is 0.857. The van der Waals surface area contributed by atoms with E-state index in [1.54, 1.807) is 7.11 Å². The summed E-state index contributed by atoms with van der Waals surface area (Å²) in [4.78, 5) is 4.65. The summed E-state index contributed by atoms with van der Waals surface area (Å²) in [6.07, 6.45) is 2.65. The lowest BCUT2D eigenvalue weighted by molar-refractivity contribution is 0.142. The predicted molar refractivity (Wildman–Crippen MR) is 48.1 cm³/mol.